The molecule has 0 saturated heterocycles. The SMILES string of the molecule is Cc1csc(NC(=O)c2ccc(F)c([N+](=O)[O-])c2)n1. The second kappa shape index (κ2) is 5.11. The lowest BCUT2D eigenvalue weighted by Crippen LogP contribution is -2.12. The maximum atomic E-state index is 13.1. The molecule has 0 spiro atoms. The van der Waals surface area contributed by atoms with Gasteiger partial charge in [0, 0.05) is 17.0 Å². The van der Waals surface area contributed by atoms with Gasteiger partial charge in [0.05, 0.1) is 10.6 Å². The predicted octanol–water partition coefficient (Wildman–Crippen LogP) is 2.75. The first-order valence-electron chi connectivity index (χ1n) is 5.15. The summed E-state index contributed by atoms with van der Waals surface area (Å²) in [5.41, 5.74) is 0.0225. The minimum atomic E-state index is -0.980. The number of hydrogen-bond acceptors (Lipinski definition) is 5. The van der Waals surface area contributed by atoms with Gasteiger partial charge in [-0.1, -0.05) is 0 Å². The fourth-order valence-corrected chi connectivity index (χ4v) is 2.06. The Hall–Kier alpha value is -2.35. The summed E-state index contributed by atoms with van der Waals surface area (Å²) in [7, 11) is 0. The number of carbonyl (C=O) groups is 1. The van der Waals surface area contributed by atoms with E-state index in [1.807, 2.05) is 0 Å². The lowest BCUT2D eigenvalue weighted by molar-refractivity contribution is -0.387. The molecular formula is C11H8FN3O3S. The van der Waals surface area contributed by atoms with E-state index in [1.165, 1.54) is 17.4 Å². The van der Waals surface area contributed by atoms with E-state index in [1.54, 1.807) is 12.3 Å². The summed E-state index contributed by atoms with van der Waals surface area (Å²) < 4.78 is 13.1. The topological polar surface area (TPSA) is 85.1 Å². The molecule has 0 aliphatic rings. The zero-order valence-electron chi connectivity index (χ0n) is 9.71. The van der Waals surface area contributed by atoms with Gasteiger partial charge in [-0.05, 0) is 19.1 Å². The summed E-state index contributed by atoms with van der Waals surface area (Å²) in [5.74, 6) is -1.55. The Morgan fingerprint density at radius 1 is 1.53 bits per heavy atom. The Balaban J connectivity index is 2.24. The molecule has 0 radical (unpaired) electrons. The van der Waals surface area contributed by atoms with Crippen LogP contribution in [0.3, 0.4) is 0 Å². The van der Waals surface area contributed by atoms with Crippen LogP contribution in [-0.2, 0) is 0 Å². The van der Waals surface area contributed by atoms with Gasteiger partial charge in [0.25, 0.3) is 5.91 Å². The number of nitro groups is 1. The molecule has 2 aromatic rings. The lowest BCUT2D eigenvalue weighted by atomic mass is 10.2. The Morgan fingerprint density at radius 3 is 2.84 bits per heavy atom. The highest BCUT2D eigenvalue weighted by molar-refractivity contribution is 7.13. The molecule has 8 heteroatoms. The molecule has 0 atom stereocenters. The van der Waals surface area contributed by atoms with Gasteiger partial charge in [0.1, 0.15) is 0 Å². The van der Waals surface area contributed by atoms with Crippen LogP contribution in [0.4, 0.5) is 15.2 Å². The van der Waals surface area contributed by atoms with Crippen LogP contribution in [-0.4, -0.2) is 15.8 Å². The first-order valence-corrected chi connectivity index (χ1v) is 6.03. The number of aryl methyl sites for hydroxylation is 1. The number of halogens is 1. The second-order valence-corrected chi connectivity index (χ2v) is 4.53. The van der Waals surface area contributed by atoms with Gasteiger partial charge >= 0.3 is 5.69 Å². The van der Waals surface area contributed by atoms with Gasteiger partial charge in [-0.2, -0.15) is 4.39 Å². The van der Waals surface area contributed by atoms with Gasteiger partial charge < -0.3 is 0 Å². The Bertz CT molecular complexity index is 656. The van der Waals surface area contributed by atoms with Crippen molar-refractivity contribution < 1.29 is 14.1 Å². The van der Waals surface area contributed by atoms with E-state index in [9.17, 15) is 19.3 Å². The average molecular weight is 281 g/mol. The van der Waals surface area contributed by atoms with Crippen molar-refractivity contribution in [3.63, 3.8) is 0 Å². The zero-order chi connectivity index (χ0) is 14.0. The van der Waals surface area contributed by atoms with Crippen molar-refractivity contribution in [1.82, 2.24) is 4.98 Å². The largest absolute Gasteiger partial charge is 0.305 e. The van der Waals surface area contributed by atoms with Gasteiger partial charge in [0.2, 0.25) is 5.82 Å². The van der Waals surface area contributed by atoms with Crippen LogP contribution < -0.4 is 5.32 Å². The van der Waals surface area contributed by atoms with E-state index < -0.39 is 22.3 Å². The van der Waals surface area contributed by atoms with Crippen LogP contribution in [0.1, 0.15) is 16.1 Å². The van der Waals surface area contributed by atoms with Crippen molar-refractivity contribution in [1.29, 1.82) is 0 Å². The number of nitrogens with zero attached hydrogens (tertiary/aromatic N) is 2. The summed E-state index contributed by atoms with van der Waals surface area (Å²) in [6, 6.07) is 2.96. The normalized spacial score (nSPS) is 10.2. The zero-order valence-corrected chi connectivity index (χ0v) is 10.5. The number of aromatic nitrogens is 1. The molecule has 98 valence electrons. The Labute approximate surface area is 111 Å². The highest BCUT2D eigenvalue weighted by Gasteiger charge is 2.18. The Morgan fingerprint density at radius 2 is 2.26 bits per heavy atom. The maximum absolute atomic E-state index is 13.1. The van der Waals surface area contributed by atoms with Gasteiger partial charge in [-0.3, -0.25) is 20.2 Å². The molecule has 0 saturated carbocycles. The Kier molecular flexibility index (Phi) is 3.52. The number of rotatable bonds is 3. The molecule has 1 amide bonds. The minimum absolute atomic E-state index is 0.000882. The lowest BCUT2D eigenvalue weighted by Gasteiger charge is -2.02. The third-order valence-electron chi connectivity index (χ3n) is 2.24. The van der Waals surface area contributed by atoms with Crippen LogP contribution in [0.25, 0.3) is 0 Å². The van der Waals surface area contributed by atoms with E-state index in [-0.39, 0.29) is 5.56 Å². The maximum Gasteiger partial charge on any atom is 0.305 e. The van der Waals surface area contributed by atoms with Gasteiger partial charge in [-0.15, -0.1) is 11.3 Å². The van der Waals surface area contributed by atoms with Crippen LogP contribution in [0.15, 0.2) is 23.6 Å². The highest BCUT2D eigenvalue weighted by Crippen LogP contribution is 2.20. The van der Waals surface area contributed by atoms with Crippen molar-refractivity contribution in [2.24, 2.45) is 0 Å². The van der Waals surface area contributed by atoms with Crippen molar-refractivity contribution in [3.8, 4) is 0 Å². The second-order valence-electron chi connectivity index (χ2n) is 3.67. The third-order valence-corrected chi connectivity index (χ3v) is 3.12. The first kappa shape index (κ1) is 13.1. The quantitative estimate of drug-likeness (QED) is 0.692. The summed E-state index contributed by atoms with van der Waals surface area (Å²) >= 11 is 1.24. The number of benzene rings is 1. The fraction of sp³-hybridized carbons (Fsp3) is 0.0909. The molecule has 0 aliphatic heterocycles. The highest BCUT2D eigenvalue weighted by atomic mass is 32.1. The van der Waals surface area contributed by atoms with Crippen molar-refractivity contribution in [3.05, 3.63) is 50.8 Å². The minimum Gasteiger partial charge on any atom is -0.298 e. The molecule has 6 nitrogen and oxygen atoms in total. The molecule has 19 heavy (non-hydrogen) atoms. The molecule has 0 unspecified atom stereocenters. The van der Waals surface area contributed by atoms with E-state index >= 15 is 0 Å². The summed E-state index contributed by atoms with van der Waals surface area (Å²) in [6.07, 6.45) is 0. The van der Waals surface area contributed by atoms with Crippen LogP contribution in [0, 0.1) is 22.9 Å². The van der Waals surface area contributed by atoms with E-state index in [2.05, 4.69) is 10.3 Å². The molecule has 0 aliphatic carbocycles. The molecule has 1 heterocycles. The summed E-state index contributed by atoms with van der Waals surface area (Å²) in [6.45, 7) is 1.77. The number of nitrogens with one attached hydrogen (secondary N) is 1. The molecule has 2 rings (SSSR count). The third kappa shape index (κ3) is 2.91. The van der Waals surface area contributed by atoms with Crippen molar-refractivity contribution in [2.75, 3.05) is 5.32 Å². The van der Waals surface area contributed by atoms with E-state index in [0.717, 1.165) is 17.8 Å². The van der Waals surface area contributed by atoms with E-state index in [4.69, 9.17) is 0 Å². The fourth-order valence-electron chi connectivity index (χ4n) is 1.37. The van der Waals surface area contributed by atoms with E-state index in [0.29, 0.717) is 5.13 Å². The molecular weight excluding hydrogens is 273 g/mol. The van der Waals surface area contributed by atoms with Crippen LogP contribution in [0.2, 0.25) is 0 Å². The van der Waals surface area contributed by atoms with Crippen molar-refractivity contribution >= 4 is 28.1 Å². The first-order chi connectivity index (χ1) is 8.97. The van der Waals surface area contributed by atoms with Crippen molar-refractivity contribution in [2.45, 2.75) is 6.92 Å². The predicted molar refractivity (Wildman–Crippen MR) is 67.9 cm³/mol. The molecule has 1 aromatic heterocycles. The smallest absolute Gasteiger partial charge is 0.298 e. The number of amides is 1. The molecule has 0 bridgehead atoms. The van der Waals surface area contributed by atoms with Gasteiger partial charge in [-0.25, -0.2) is 4.98 Å². The number of thiazole rings is 1. The summed E-state index contributed by atoms with van der Waals surface area (Å²) in [4.78, 5) is 25.6. The number of nitro benzene ring substituents is 1. The summed E-state index contributed by atoms with van der Waals surface area (Å²) in [5, 5.41) is 15.2. The molecule has 1 N–H and O–H groups in total. The standard InChI is InChI=1S/C11H8FN3O3S/c1-6-5-19-11(13-6)14-10(16)7-2-3-8(12)9(4-7)15(17)18/h2-5H,1H3,(H,13,14,16). The average Bonchev–Trinajstić information content (AvgIpc) is 2.74. The monoisotopic (exact) mass is 281 g/mol. The van der Waals surface area contributed by atoms with Crippen LogP contribution in [0.5, 0.6) is 0 Å². The molecule has 1 aromatic carbocycles. The number of carbonyl (C=O) groups excluding carboxylic acids is 1. The number of hydrogen-bond donors (Lipinski definition) is 1. The molecule has 0 fully saturated rings. The van der Waals surface area contributed by atoms with Crippen LogP contribution >= 0.6 is 11.3 Å². The number of anilines is 1. The van der Waals surface area contributed by atoms with Gasteiger partial charge in [0.15, 0.2) is 5.13 Å².